The Hall–Kier alpha value is -3.00. The molecule has 0 atom stereocenters. The predicted molar refractivity (Wildman–Crippen MR) is 115 cm³/mol. The molecule has 1 fully saturated rings. The van der Waals surface area contributed by atoms with E-state index in [9.17, 15) is 9.59 Å². The highest BCUT2D eigenvalue weighted by atomic mass is 32.1. The summed E-state index contributed by atoms with van der Waals surface area (Å²) < 4.78 is 0. The molecule has 0 aliphatic carbocycles. The van der Waals surface area contributed by atoms with Crippen molar-refractivity contribution in [3.8, 4) is 11.4 Å². The molecule has 4 rings (SSSR count). The van der Waals surface area contributed by atoms with Crippen LogP contribution in [0, 0.1) is 20.8 Å². The van der Waals surface area contributed by atoms with Gasteiger partial charge in [-0.2, -0.15) is 0 Å². The first-order chi connectivity index (χ1) is 13.9. The van der Waals surface area contributed by atoms with Crippen LogP contribution in [0.2, 0.25) is 0 Å². The van der Waals surface area contributed by atoms with Crippen LogP contribution >= 0.6 is 11.3 Å². The first-order valence-corrected chi connectivity index (χ1v) is 10.4. The lowest BCUT2D eigenvalue weighted by atomic mass is 10.2. The summed E-state index contributed by atoms with van der Waals surface area (Å²) in [4.78, 5) is 42.4. The topological polar surface area (TPSA) is 82.2 Å². The zero-order chi connectivity index (χ0) is 20.5. The molecule has 4 heterocycles. The van der Waals surface area contributed by atoms with Gasteiger partial charge in [0.2, 0.25) is 0 Å². The lowest BCUT2D eigenvalue weighted by Gasteiger charge is -2.35. The third-order valence-corrected chi connectivity index (χ3v) is 6.25. The Kier molecular flexibility index (Phi) is 5.19. The van der Waals surface area contributed by atoms with Gasteiger partial charge in [-0.05, 0) is 45.0 Å². The normalized spacial score (nSPS) is 14.3. The first kappa shape index (κ1) is 19.3. The van der Waals surface area contributed by atoms with Crippen LogP contribution in [0.25, 0.3) is 11.4 Å². The standard InChI is InChI=1S/C21H23N5O2S/c1-13-4-6-17(29-13)21(28)26-10-8-25(9-11-26)18-7-5-16(12-22-18)19-23-15(3)14(2)20(27)24-19/h4-7,12H,8-11H2,1-3H3,(H,23,24,27). The van der Waals surface area contributed by atoms with Crippen molar-refractivity contribution in [2.24, 2.45) is 0 Å². The number of aromatic nitrogens is 3. The summed E-state index contributed by atoms with van der Waals surface area (Å²) in [6.07, 6.45) is 1.73. The molecule has 1 aliphatic rings. The number of thiophene rings is 1. The predicted octanol–water partition coefficient (Wildman–Crippen LogP) is 2.78. The number of carbonyl (C=O) groups is 1. The van der Waals surface area contributed by atoms with E-state index in [0.29, 0.717) is 24.5 Å². The van der Waals surface area contributed by atoms with E-state index in [1.165, 1.54) is 0 Å². The van der Waals surface area contributed by atoms with Gasteiger partial charge in [0.05, 0.1) is 4.88 Å². The Morgan fingerprint density at radius 2 is 1.83 bits per heavy atom. The number of amides is 1. The van der Waals surface area contributed by atoms with E-state index in [2.05, 4.69) is 19.9 Å². The van der Waals surface area contributed by atoms with Gasteiger partial charge in [-0.1, -0.05) is 0 Å². The minimum Gasteiger partial charge on any atom is -0.353 e. The van der Waals surface area contributed by atoms with Crippen molar-refractivity contribution in [3.05, 3.63) is 61.8 Å². The van der Waals surface area contributed by atoms with Crippen LogP contribution in [0.1, 0.15) is 25.8 Å². The van der Waals surface area contributed by atoms with E-state index in [0.717, 1.165) is 39.9 Å². The molecule has 0 spiro atoms. The second-order valence-electron chi connectivity index (χ2n) is 7.22. The summed E-state index contributed by atoms with van der Waals surface area (Å²) in [5, 5.41) is 0. The van der Waals surface area contributed by atoms with Gasteiger partial charge in [0.15, 0.2) is 0 Å². The summed E-state index contributed by atoms with van der Waals surface area (Å²) in [5.74, 6) is 1.49. The molecule has 3 aromatic heterocycles. The lowest BCUT2D eigenvalue weighted by Crippen LogP contribution is -2.48. The SMILES string of the molecule is Cc1ccc(C(=O)N2CCN(c3ccc(-c4nc(C)c(C)c(=O)[nH]4)cn3)CC2)s1. The molecule has 0 bridgehead atoms. The van der Waals surface area contributed by atoms with Crippen molar-refractivity contribution >= 4 is 23.1 Å². The lowest BCUT2D eigenvalue weighted by molar-refractivity contribution is 0.0751. The summed E-state index contributed by atoms with van der Waals surface area (Å²) >= 11 is 1.54. The van der Waals surface area contributed by atoms with E-state index < -0.39 is 0 Å². The number of H-pyrrole nitrogens is 1. The third-order valence-electron chi connectivity index (χ3n) is 5.26. The first-order valence-electron chi connectivity index (χ1n) is 9.57. The Morgan fingerprint density at radius 3 is 2.41 bits per heavy atom. The van der Waals surface area contributed by atoms with Gasteiger partial charge in [-0.25, -0.2) is 9.97 Å². The van der Waals surface area contributed by atoms with Gasteiger partial charge in [0.1, 0.15) is 11.6 Å². The molecule has 29 heavy (non-hydrogen) atoms. The maximum absolute atomic E-state index is 12.6. The molecular formula is C21H23N5O2S. The summed E-state index contributed by atoms with van der Waals surface area (Å²) in [6, 6.07) is 7.74. The molecular weight excluding hydrogens is 386 g/mol. The number of pyridine rings is 1. The number of carbonyl (C=O) groups excluding carboxylic acids is 1. The second-order valence-corrected chi connectivity index (χ2v) is 8.51. The van der Waals surface area contributed by atoms with Gasteiger partial charge < -0.3 is 14.8 Å². The van der Waals surface area contributed by atoms with Crippen LogP contribution in [-0.4, -0.2) is 51.9 Å². The van der Waals surface area contributed by atoms with Crippen molar-refractivity contribution in [1.82, 2.24) is 19.9 Å². The largest absolute Gasteiger partial charge is 0.353 e. The summed E-state index contributed by atoms with van der Waals surface area (Å²) in [7, 11) is 0. The number of rotatable bonds is 3. The number of hydrogen-bond acceptors (Lipinski definition) is 6. The van der Waals surface area contributed by atoms with Crippen LogP contribution in [0.3, 0.4) is 0 Å². The molecule has 1 amide bonds. The highest BCUT2D eigenvalue weighted by molar-refractivity contribution is 7.13. The van der Waals surface area contributed by atoms with E-state index in [1.807, 2.05) is 43.0 Å². The van der Waals surface area contributed by atoms with E-state index in [1.54, 1.807) is 24.5 Å². The van der Waals surface area contributed by atoms with Crippen molar-refractivity contribution in [1.29, 1.82) is 0 Å². The minimum absolute atomic E-state index is 0.107. The summed E-state index contributed by atoms with van der Waals surface area (Å²) in [5.41, 5.74) is 1.99. The smallest absolute Gasteiger partial charge is 0.264 e. The van der Waals surface area contributed by atoms with Gasteiger partial charge in [0.25, 0.3) is 11.5 Å². The zero-order valence-electron chi connectivity index (χ0n) is 16.7. The van der Waals surface area contributed by atoms with Gasteiger partial charge in [0, 0.05) is 54.1 Å². The van der Waals surface area contributed by atoms with Crippen LogP contribution in [-0.2, 0) is 0 Å². The average Bonchev–Trinajstić information content (AvgIpc) is 3.17. The van der Waals surface area contributed by atoms with Gasteiger partial charge >= 0.3 is 0 Å². The molecule has 0 aromatic carbocycles. The van der Waals surface area contributed by atoms with E-state index in [-0.39, 0.29) is 11.5 Å². The number of aryl methyl sites for hydroxylation is 2. The molecule has 150 valence electrons. The third kappa shape index (κ3) is 3.93. The molecule has 7 nitrogen and oxygen atoms in total. The molecule has 0 radical (unpaired) electrons. The maximum atomic E-state index is 12.6. The number of hydrogen-bond donors (Lipinski definition) is 1. The Balaban J connectivity index is 1.43. The van der Waals surface area contributed by atoms with Crippen molar-refractivity contribution in [3.63, 3.8) is 0 Å². The number of anilines is 1. The van der Waals surface area contributed by atoms with Crippen LogP contribution in [0.5, 0.6) is 0 Å². The fourth-order valence-corrected chi connectivity index (χ4v) is 4.17. The van der Waals surface area contributed by atoms with Crippen molar-refractivity contribution in [2.45, 2.75) is 20.8 Å². The molecule has 8 heteroatoms. The van der Waals surface area contributed by atoms with Crippen molar-refractivity contribution < 1.29 is 4.79 Å². The molecule has 0 saturated carbocycles. The fourth-order valence-electron chi connectivity index (χ4n) is 3.34. The van der Waals surface area contributed by atoms with E-state index >= 15 is 0 Å². The average molecular weight is 410 g/mol. The molecule has 3 aromatic rings. The Morgan fingerprint density at radius 1 is 1.07 bits per heavy atom. The van der Waals surface area contributed by atoms with Crippen LogP contribution in [0.15, 0.2) is 35.3 Å². The molecule has 1 aliphatic heterocycles. The van der Waals surface area contributed by atoms with Gasteiger partial charge in [-0.3, -0.25) is 9.59 Å². The number of piperazine rings is 1. The highest BCUT2D eigenvalue weighted by Crippen LogP contribution is 2.21. The molecule has 1 saturated heterocycles. The maximum Gasteiger partial charge on any atom is 0.264 e. The quantitative estimate of drug-likeness (QED) is 0.719. The minimum atomic E-state index is -0.127. The Labute approximate surface area is 173 Å². The summed E-state index contributed by atoms with van der Waals surface area (Å²) in [6.45, 7) is 8.42. The number of nitrogens with zero attached hydrogens (tertiary/aromatic N) is 4. The molecule has 1 N–H and O–H groups in total. The number of aromatic amines is 1. The van der Waals surface area contributed by atoms with Gasteiger partial charge in [-0.15, -0.1) is 11.3 Å². The Bertz CT molecular complexity index is 1100. The molecule has 0 unspecified atom stereocenters. The zero-order valence-corrected chi connectivity index (χ0v) is 17.5. The van der Waals surface area contributed by atoms with Crippen LogP contribution < -0.4 is 10.5 Å². The second kappa shape index (κ2) is 7.79. The van der Waals surface area contributed by atoms with Crippen molar-refractivity contribution in [2.75, 3.05) is 31.1 Å². The fraction of sp³-hybridized carbons (Fsp3) is 0.333. The highest BCUT2D eigenvalue weighted by Gasteiger charge is 2.23. The number of nitrogens with one attached hydrogen (secondary N) is 1. The van der Waals surface area contributed by atoms with Crippen LogP contribution in [0.4, 0.5) is 5.82 Å². The monoisotopic (exact) mass is 409 g/mol. The van der Waals surface area contributed by atoms with E-state index in [4.69, 9.17) is 0 Å².